The third-order valence-electron chi connectivity index (χ3n) is 12.4. The molecular weight excluding hydrogens is 909 g/mol. The first-order chi connectivity index (χ1) is 33.4. The summed E-state index contributed by atoms with van der Waals surface area (Å²) >= 11 is 0. The van der Waals surface area contributed by atoms with Crippen LogP contribution in [0.3, 0.4) is 0 Å². The van der Waals surface area contributed by atoms with Crippen LogP contribution in [0, 0.1) is 60.7 Å². The van der Waals surface area contributed by atoms with E-state index in [4.69, 9.17) is 0 Å². The Morgan fingerprint density at radius 1 is 0.214 bits per heavy atom. The van der Waals surface area contributed by atoms with E-state index in [2.05, 4.69) is 0 Å². The quantitative estimate of drug-likeness (QED) is 0.111. The van der Waals surface area contributed by atoms with Gasteiger partial charge in [-0.05, 0) is 66.8 Å². The second-order valence-corrected chi connectivity index (χ2v) is 18.2. The lowest BCUT2D eigenvalue weighted by atomic mass is 10.0. The van der Waals surface area contributed by atoms with Gasteiger partial charge in [0.2, 0.25) is 0 Å². The van der Waals surface area contributed by atoms with E-state index in [0.29, 0.717) is 66.8 Å². The van der Waals surface area contributed by atoms with Gasteiger partial charge in [0.15, 0.2) is 0 Å². The van der Waals surface area contributed by atoms with Crippen LogP contribution in [0.1, 0.15) is 66.8 Å². The molecule has 356 valence electrons. The van der Waals surface area contributed by atoms with Gasteiger partial charge in [-0.15, -0.1) is 0 Å². The Morgan fingerprint density at radius 2 is 0.314 bits per heavy atom. The van der Waals surface area contributed by atoms with Gasteiger partial charge in [-0.3, -0.25) is 80.3 Å². The smallest absolute Gasteiger partial charge is 0.270 e. The number of benzene rings is 6. The number of nitrogens with zero attached hydrogens (tertiary/aromatic N) is 10. The van der Waals surface area contributed by atoms with Crippen molar-refractivity contribution in [3.63, 3.8) is 0 Å². The van der Waals surface area contributed by atoms with E-state index in [9.17, 15) is 60.7 Å². The molecule has 0 N–H and O–H groups in total. The number of non-ortho nitro benzene ring substituents is 6. The number of rotatable bonds is 6. The van der Waals surface area contributed by atoms with Crippen LogP contribution < -0.4 is 0 Å². The molecule has 0 amide bonds. The Balaban J connectivity index is 1.36. The summed E-state index contributed by atoms with van der Waals surface area (Å²) in [6.45, 7) is 0.487. The molecule has 22 nitrogen and oxygen atoms in total. The molecule has 4 aliphatic heterocycles. The zero-order valence-corrected chi connectivity index (χ0v) is 37.2. The van der Waals surface area contributed by atoms with E-state index in [0.717, 1.165) is 0 Å². The molecule has 4 heterocycles. The molecule has 10 rings (SSSR count). The molecule has 4 aliphatic rings. The molecular formula is C48H42N10O12. The summed E-state index contributed by atoms with van der Waals surface area (Å²) in [7, 11) is 0. The van der Waals surface area contributed by atoms with Crippen LogP contribution in [-0.4, -0.2) is 49.1 Å². The van der Waals surface area contributed by atoms with Crippen LogP contribution in [0.15, 0.2) is 109 Å². The van der Waals surface area contributed by atoms with Crippen molar-refractivity contribution in [1.29, 1.82) is 0 Å². The fourth-order valence-electron chi connectivity index (χ4n) is 9.96. The van der Waals surface area contributed by atoms with E-state index in [-0.39, 0.29) is 113 Å². The zero-order chi connectivity index (χ0) is 49.4. The monoisotopic (exact) mass is 950 g/mol. The van der Waals surface area contributed by atoms with Crippen molar-refractivity contribution in [3.05, 3.63) is 237 Å². The Kier molecular flexibility index (Phi) is 12.9. The van der Waals surface area contributed by atoms with Crippen LogP contribution in [0.25, 0.3) is 0 Å². The van der Waals surface area contributed by atoms with E-state index in [1.807, 2.05) is 19.6 Å². The Bertz CT molecular complexity index is 2480. The van der Waals surface area contributed by atoms with Gasteiger partial charge in [-0.25, -0.2) is 0 Å². The second kappa shape index (κ2) is 19.3. The zero-order valence-electron chi connectivity index (χ0n) is 37.2. The maximum Gasteiger partial charge on any atom is 0.270 e. The first-order valence-corrected chi connectivity index (χ1v) is 22.0. The summed E-state index contributed by atoms with van der Waals surface area (Å²) in [5.41, 5.74) is 4.33. The largest absolute Gasteiger partial charge is 0.291 e. The lowest BCUT2D eigenvalue weighted by Gasteiger charge is -2.28. The molecule has 6 aromatic rings. The van der Waals surface area contributed by atoms with E-state index >= 15 is 0 Å². The number of nitro groups is 6. The Hall–Kier alpha value is -8.44. The maximum atomic E-state index is 12.6. The van der Waals surface area contributed by atoms with E-state index in [1.165, 1.54) is 72.8 Å². The van der Waals surface area contributed by atoms with Gasteiger partial charge in [-0.1, -0.05) is 36.4 Å². The average Bonchev–Trinajstić information content (AvgIpc) is 3.27. The summed E-state index contributed by atoms with van der Waals surface area (Å²) in [6.07, 6.45) is 0. The minimum absolute atomic E-state index is 0.0406. The summed E-state index contributed by atoms with van der Waals surface area (Å²) in [4.78, 5) is 80.0. The Labute approximate surface area is 397 Å². The van der Waals surface area contributed by atoms with Crippen LogP contribution in [0.2, 0.25) is 0 Å². The van der Waals surface area contributed by atoms with Gasteiger partial charge < -0.3 is 0 Å². The first kappa shape index (κ1) is 46.7. The molecule has 0 aliphatic carbocycles. The summed E-state index contributed by atoms with van der Waals surface area (Å²) in [5, 5.41) is 75.5. The molecule has 0 radical (unpaired) electrons. The van der Waals surface area contributed by atoms with Gasteiger partial charge in [0, 0.05) is 151 Å². The molecule has 0 saturated heterocycles. The molecule has 70 heavy (non-hydrogen) atoms. The van der Waals surface area contributed by atoms with Crippen molar-refractivity contribution >= 4 is 34.1 Å². The van der Waals surface area contributed by atoms with Crippen molar-refractivity contribution in [2.24, 2.45) is 0 Å². The van der Waals surface area contributed by atoms with Crippen molar-refractivity contribution in [1.82, 2.24) is 19.6 Å². The first-order valence-electron chi connectivity index (χ1n) is 22.0. The average molecular weight is 951 g/mol. The van der Waals surface area contributed by atoms with E-state index in [1.54, 1.807) is 36.4 Å². The maximum absolute atomic E-state index is 12.6. The van der Waals surface area contributed by atoms with Crippen LogP contribution in [-0.2, 0) is 78.5 Å². The van der Waals surface area contributed by atoms with Crippen molar-refractivity contribution in [2.45, 2.75) is 78.5 Å². The van der Waals surface area contributed by atoms with Gasteiger partial charge in [0.1, 0.15) is 0 Å². The Morgan fingerprint density at radius 3 is 0.400 bits per heavy atom. The fraction of sp³-hybridized carbons (Fsp3) is 0.250. The standard InChI is InChI=1S/C48H42N10O12/c59-53(60)43-7-31-1-32(8-43)20-50-23-35-4-38(14-46(11-35)56(65)66)26-51-25-37-2-33(9-44(13-37)54(61)62)21-49(19-31)22-34-3-39(15-45(10-34)55(63)64)27-52(28-40-5-36(24-50)12-47(16-40)57(67)68)30-42-6-41(29-51)17-48(18-42)58(69)70/h1-18H,19-30H2. The highest BCUT2D eigenvalue weighted by Crippen LogP contribution is 2.32. The van der Waals surface area contributed by atoms with Crippen LogP contribution in [0.4, 0.5) is 34.1 Å². The lowest BCUT2D eigenvalue weighted by molar-refractivity contribution is -0.385. The summed E-state index contributed by atoms with van der Waals surface area (Å²) in [6, 6.07) is 27.7. The molecule has 0 unspecified atom stereocenters. The molecule has 0 fully saturated rings. The normalized spacial score (nSPS) is 18.9. The fourth-order valence-corrected chi connectivity index (χ4v) is 9.96. The lowest BCUT2D eigenvalue weighted by Crippen LogP contribution is -2.27. The second-order valence-electron chi connectivity index (χ2n) is 18.2. The number of nitro benzene ring substituents is 6. The molecule has 22 heteroatoms. The van der Waals surface area contributed by atoms with Gasteiger partial charge in [-0.2, -0.15) is 0 Å². The molecule has 0 atom stereocenters. The molecule has 0 aromatic heterocycles. The summed E-state index contributed by atoms with van der Waals surface area (Å²) < 4.78 is 0. The minimum Gasteiger partial charge on any atom is -0.291 e. The SMILES string of the molecule is O=[N+]([O-])c1cc2cc(c1)CN1Cc3cc(cc([N+](=O)[O-])c3)CN3Cc4cc(cc([N+](=O)[O-])c4)CN(C2)Cc2cc(cc([N+](=O)[O-])c2)CN(Cc2cc(cc([N+](=O)[O-])c2)C1)Cc1cc(cc([N+](=O)[O-])c1)C3. The predicted molar refractivity (Wildman–Crippen MR) is 250 cm³/mol. The highest BCUT2D eigenvalue weighted by atomic mass is 16.6. The van der Waals surface area contributed by atoms with Gasteiger partial charge in [0.05, 0.1) is 29.5 Å². The number of hydrogen-bond acceptors (Lipinski definition) is 16. The van der Waals surface area contributed by atoms with Gasteiger partial charge in [0.25, 0.3) is 34.1 Å². The molecule has 16 bridgehead atoms. The van der Waals surface area contributed by atoms with Gasteiger partial charge >= 0.3 is 0 Å². The number of hydrogen-bond donors (Lipinski definition) is 0. The van der Waals surface area contributed by atoms with E-state index < -0.39 is 29.5 Å². The van der Waals surface area contributed by atoms with Crippen LogP contribution >= 0.6 is 0 Å². The van der Waals surface area contributed by atoms with Crippen molar-refractivity contribution < 1.29 is 29.5 Å². The molecule has 6 aromatic carbocycles. The van der Waals surface area contributed by atoms with Crippen molar-refractivity contribution in [3.8, 4) is 0 Å². The summed E-state index contributed by atoms with van der Waals surface area (Å²) in [5.74, 6) is 0. The minimum atomic E-state index is -0.528. The third-order valence-corrected chi connectivity index (χ3v) is 12.4. The molecule has 0 saturated carbocycles. The highest BCUT2D eigenvalue weighted by Gasteiger charge is 2.25. The molecule has 0 spiro atoms. The topological polar surface area (TPSA) is 272 Å². The third kappa shape index (κ3) is 11.1. The predicted octanol–water partition coefficient (Wildman–Crippen LogP) is 8.89. The highest BCUT2D eigenvalue weighted by molar-refractivity contribution is 5.46. The van der Waals surface area contributed by atoms with Crippen LogP contribution in [0.5, 0.6) is 0 Å². The van der Waals surface area contributed by atoms with Crippen molar-refractivity contribution in [2.75, 3.05) is 0 Å².